The van der Waals surface area contributed by atoms with E-state index in [2.05, 4.69) is 4.98 Å². The summed E-state index contributed by atoms with van der Waals surface area (Å²) in [4.78, 5) is 15.0. The molecule has 0 aliphatic rings. The van der Waals surface area contributed by atoms with Crippen molar-refractivity contribution in [3.8, 4) is 5.88 Å². The fourth-order valence-corrected chi connectivity index (χ4v) is 2.38. The van der Waals surface area contributed by atoms with Crippen LogP contribution >= 0.6 is 0 Å². The van der Waals surface area contributed by atoms with Crippen molar-refractivity contribution >= 4 is 16.9 Å². The van der Waals surface area contributed by atoms with Crippen LogP contribution in [-0.2, 0) is 13.2 Å². The number of benzene rings is 1. The highest BCUT2D eigenvalue weighted by Crippen LogP contribution is 2.29. The number of pyridine rings is 1. The molecule has 2 aromatic heterocycles. The molecule has 0 radical (unpaired) electrons. The number of methoxy groups -OCH3 is 1. The second-order valence-electron chi connectivity index (χ2n) is 5.54. The summed E-state index contributed by atoms with van der Waals surface area (Å²) in [6.07, 6.45) is -1.13. The van der Waals surface area contributed by atoms with Gasteiger partial charge in [-0.2, -0.15) is 13.2 Å². The van der Waals surface area contributed by atoms with E-state index in [1.165, 1.54) is 25.4 Å². The number of nitrogens with zero attached hydrogens (tertiary/aromatic N) is 2. The van der Waals surface area contributed by atoms with Gasteiger partial charge in [0.25, 0.3) is 0 Å². The first-order chi connectivity index (χ1) is 12.1. The molecule has 0 saturated carbocycles. The van der Waals surface area contributed by atoms with Gasteiger partial charge in [0.05, 0.1) is 18.2 Å². The summed E-state index contributed by atoms with van der Waals surface area (Å²) in [5, 5.41) is 9.62. The van der Waals surface area contributed by atoms with E-state index in [0.29, 0.717) is 16.8 Å². The maximum absolute atomic E-state index is 11.9. The van der Waals surface area contributed by atoms with Crippen LogP contribution in [0.3, 0.4) is 0 Å². The second kappa shape index (κ2) is 7.47. The van der Waals surface area contributed by atoms with Crippen LogP contribution in [0.25, 0.3) is 10.9 Å². The second-order valence-corrected chi connectivity index (χ2v) is 5.54. The molecule has 0 atom stereocenters. The number of hydrogen-bond donors (Lipinski definition) is 1. The van der Waals surface area contributed by atoms with Gasteiger partial charge < -0.3 is 14.4 Å². The summed E-state index contributed by atoms with van der Waals surface area (Å²) in [6, 6.07) is 6.72. The Morgan fingerprint density at radius 3 is 2.31 bits per heavy atom. The first kappa shape index (κ1) is 19.3. The van der Waals surface area contributed by atoms with Crippen LogP contribution in [0.2, 0.25) is 0 Å². The van der Waals surface area contributed by atoms with Crippen LogP contribution < -0.4 is 4.74 Å². The molecule has 26 heavy (non-hydrogen) atoms. The first-order valence-electron chi connectivity index (χ1n) is 7.50. The van der Waals surface area contributed by atoms with Crippen molar-refractivity contribution in [1.82, 2.24) is 9.55 Å². The van der Waals surface area contributed by atoms with Gasteiger partial charge in [-0.05, 0) is 25.1 Å². The zero-order valence-electron chi connectivity index (χ0n) is 14.3. The number of carboxylic acid groups (broad SMARTS) is 1. The number of aromatic nitrogens is 2. The lowest BCUT2D eigenvalue weighted by Crippen LogP contribution is -2.03. The van der Waals surface area contributed by atoms with Crippen LogP contribution in [0.5, 0.6) is 5.88 Å². The van der Waals surface area contributed by atoms with Gasteiger partial charge in [0.15, 0.2) is 0 Å². The zero-order valence-corrected chi connectivity index (χ0v) is 14.3. The van der Waals surface area contributed by atoms with Gasteiger partial charge in [-0.15, -0.1) is 0 Å². The van der Waals surface area contributed by atoms with Gasteiger partial charge in [0.1, 0.15) is 5.52 Å². The molecule has 1 aromatic carbocycles. The number of carbonyl (C=O) groups is 1. The average Bonchev–Trinajstić information content (AvgIpc) is 2.92. The highest BCUT2D eigenvalue weighted by Gasteiger charge is 2.29. The number of carboxylic acids is 1. The molecule has 0 aliphatic heterocycles. The molecule has 0 aliphatic carbocycles. The monoisotopic (exact) mass is 366 g/mol. The van der Waals surface area contributed by atoms with Gasteiger partial charge in [0.2, 0.25) is 5.88 Å². The van der Waals surface area contributed by atoms with Crippen LogP contribution in [0.4, 0.5) is 13.2 Å². The third kappa shape index (κ3) is 4.14. The lowest BCUT2D eigenvalue weighted by Gasteiger charge is -2.05. The van der Waals surface area contributed by atoms with Crippen LogP contribution in [0.15, 0.2) is 42.7 Å². The lowest BCUT2D eigenvalue weighted by atomic mass is 10.1. The van der Waals surface area contributed by atoms with Crippen molar-refractivity contribution in [3.63, 3.8) is 0 Å². The van der Waals surface area contributed by atoms with E-state index in [-0.39, 0.29) is 5.56 Å². The van der Waals surface area contributed by atoms with Crippen molar-refractivity contribution in [3.05, 3.63) is 59.4 Å². The highest BCUT2D eigenvalue weighted by atomic mass is 19.4. The Bertz CT molecular complexity index is 916. The van der Waals surface area contributed by atoms with Crippen molar-refractivity contribution in [1.29, 1.82) is 0 Å². The maximum Gasteiger partial charge on any atom is 0.416 e. The number of alkyl halides is 3. The molecule has 138 valence electrons. The minimum absolute atomic E-state index is 0.258. The van der Waals surface area contributed by atoms with Crippen molar-refractivity contribution in [2.75, 3.05) is 7.11 Å². The van der Waals surface area contributed by atoms with E-state index in [1.54, 1.807) is 30.8 Å². The van der Waals surface area contributed by atoms with E-state index < -0.39 is 17.7 Å². The smallest absolute Gasteiger partial charge is 0.416 e. The summed E-state index contributed by atoms with van der Waals surface area (Å²) in [5.74, 6) is -0.517. The summed E-state index contributed by atoms with van der Waals surface area (Å²) < 4.78 is 42.5. The standard InChI is InChI=1S/C10H10N2O3.C8H7F3/c1-12-5-7(10(13)14)6-3-4-11-9(15-2)8(6)12;1-6-2-4-7(5-3-6)8(9,10)11/h3-5H,1-2H3,(H,13,14);2-5H,1H3. The summed E-state index contributed by atoms with van der Waals surface area (Å²) in [7, 11) is 3.27. The Morgan fingerprint density at radius 1 is 1.19 bits per heavy atom. The Morgan fingerprint density at radius 2 is 1.81 bits per heavy atom. The summed E-state index contributed by atoms with van der Waals surface area (Å²) >= 11 is 0. The molecule has 0 fully saturated rings. The first-order valence-corrected chi connectivity index (χ1v) is 7.50. The van der Waals surface area contributed by atoms with Gasteiger partial charge >= 0.3 is 12.1 Å². The molecule has 8 heteroatoms. The quantitative estimate of drug-likeness (QED) is 0.735. The van der Waals surface area contributed by atoms with E-state index in [0.717, 1.165) is 17.7 Å². The number of hydrogen-bond acceptors (Lipinski definition) is 3. The molecule has 0 saturated heterocycles. The molecule has 0 bridgehead atoms. The Balaban J connectivity index is 0.000000197. The molecular formula is C18H17F3N2O3. The predicted molar refractivity (Wildman–Crippen MR) is 90.4 cm³/mol. The fourth-order valence-electron chi connectivity index (χ4n) is 2.38. The minimum Gasteiger partial charge on any atom is -0.479 e. The third-order valence-corrected chi connectivity index (χ3v) is 3.66. The SMILES string of the molecule is COc1nccc2c(C(=O)O)cn(C)c12.Cc1ccc(C(F)(F)F)cc1. The van der Waals surface area contributed by atoms with E-state index in [9.17, 15) is 18.0 Å². The molecule has 0 spiro atoms. The Hall–Kier alpha value is -3.03. The summed E-state index contributed by atoms with van der Waals surface area (Å²) in [6.45, 7) is 1.75. The topological polar surface area (TPSA) is 64.3 Å². The molecule has 0 amide bonds. The van der Waals surface area contributed by atoms with Gasteiger partial charge in [-0.3, -0.25) is 0 Å². The molecule has 5 nitrogen and oxygen atoms in total. The molecule has 3 rings (SSSR count). The van der Waals surface area contributed by atoms with Gasteiger partial charge in [-0.25, -0.2) is 9.78 Å². The lowest BCUT2D eigenvalue weighted by molar-refractivity contribution is -0.137. The van der Waals surface area contributed by atoms with Crippen LogP contribution in [-0.4, -0.2) is 27.7 Å². The highest BCUT2D eigenvalue weighted by molar-refractivity contribution is 6.04. The molecular weight excluding hydrogens is 349 g/mol. The number of rotatable bonds is 2. The summed E-state index contributed by atoms with van der Waals surface area (Å²) in [5.41, 5.74) is 1.19. The van der Waals surface area contributed by atoms with E-state index in [1.807, 2.05) is 0 Å². The molecule has 2 heterocycles. The Labute approximate surface area is 147 Å². The number of aryl methyl sites for hydroxylation is 2. The average molecular weight is 366 g/mol. The fraction of sp³-hybridized carbons (Fsp3) is 0.222. The molecule has 3 aromatic rings. The van der Waals surface area contributed by atoms with Gasteiger partial charge in [-0.1, -0.05) is 17.7 Å². The number of ether oxygens (including phenoxy) is 1. The van der Waals surface area contributed by atoms with Gasteiger partial charge in [0, 0.05) is 24.8 Å². The van der Waals surface area contributed by atoms with E-state index >= 15 is 0 Å². The van der Waals surface area contributed by atoms with Crippen LogP contribution in [0.1, 0.15) is 21.5 Å². The van der Waals surface area contributed by atoms with Crippen molar-refractivity contribution in [2.24, 2.45) is 7.05 Å². The molecule has 0 unspecified atom stereocenters. The zero-order chi connectivity index (χ0) is 19.5. The normalized spacial score (nSPS) is 11.0. The number of halogens is 3. The van der Waals surface area contributed by atoms with Crippen molar-refractivity contribution < 1.29 is 27.8 Å². The Kier molecular flexibility index (Phi) is 5.54. The van der Waals surface area contributed by atoms with E-state index in [4.69, 9.17) is 9.84 Å². The molecule has 1 N–H and O–H groups in total. The number of aromatic carboxylic acids is 1. The van der Waals surface area contributed by atoms with Crippen LogP contribution in [0, 0.1) is 6.92 Å². The van der Waals surface area contributed by atoms with Crippen molar-refractivity contribution in [2.45, 2.75) is 13.1 Å². The third-order valence-electron chi connectivity index (χ3n) is 3.66. The number of fused-ring (bicyclic) bond motifs is 1. The largest absolute Gasteiger partial charge is 0.479 e. The predicted octanol–water partition coefficient (Wildman–Crippen LogP) is 4.29. The maximum atomic E-state index is 11.9. The minimum atomic E-state index is -4.21.